The predicted octanol–water partition coefficient (Wildman–Crippen LogP) is 3.84. The molecule has 4 rings (SSSR count). The normalized spacial score (nSPS) is 20.8. The van der Waals surface area contributed by atoms with Crippen LogP contribution in [0.5, 0.6) is 0 Å². The molecule has 0 spiro atoms. The number of hydrogen-bond acceptors (Lipinski definition) is 3. The Morgan fingerprint density at radius 1 is 1.27 bits per heavy atom. The van der Waals surface area contributed by atoms with Gasteiger partial charge in [-0.3, -0.25) is 4.90 Å². The van der Waals surface area contributed by atoms with E-state index in [0.29, 0.717) is 0 Å². The smallest absolute Gasteiger partial charge is 0.116 e. The van der Waals surface area contributed by atoms with Gasteiger partial charge in [0, 0.05) is 18.1 Å². The minimum absolute atomic E-state index is 0.873. The third kappa shape index (κ3) is 3.60. The van der Waals surface area contributed by atoms with E-state index in [0.717, 1.165) is 16.8 Å². The summed E-state index contributed by atoms with van der Waals surface area (Å²) in [5.74, 6) is 0.873. The minimum atomic E-state index is 0.873. The first-order valence-electron chi connectivity index (χ1n) is 8.09. The van der Waals surface area contributed by atoms with Crippen molar-refractivity contribution in [3.05, 3.63) is 60.6 Å². The summed E-state index contributed by atoms with van der Waals surface area (Å²) in [7, 11) is 0. The first-order chi connectivity index (χ1) is 10.9. The van der Waals surface area contributed by atoms with Crippen molar-refractivity contribution >= 4 is 10.9 Å². The number of benzene rings is 1. The zero-order chi connectivity index (χ0) is 15.2. The van der Waals surface area contributed by atoms with Gasteiger partial charge in [0.1, 0.15) is 6.33 Å². The van der Waals surface area contributed by atoms with Crippen LogP contribution >= 0.6 is 0 Å². The molecule has 1 aromatic heterocycles. The minimum Gasteiger partial charge on any atom is -0.300 e. The highest BCUT2D eigenvalue weighted by molar-refractivity contribution is 5.76. The van der Waals surface area contributed by atoms with Gasteiger partial charge in [0.05, 0.1) is 5.52 Å². The van der Waals surface area contributed by atoms with Crippen LogP contribution < -0.4 is 0 Å². The van der Waals surface area contributed by atoms with Crippen LogP contribution in [0.1, 0.15) is 19.8 Å². The second-order valence-corrected chi connectivity index (χ2v) is 5.84. The van der Waals surface area contributed by atoms with E-state index in [-0.39, 0.29) is 0 Å². The quantitative estimate of drug-likeness (QED) is 0.800. The van der Waals surface area contributed by atoms with Crippen LogP contribution in [0, 0.1) is 5.92 Å². The molecule has 1 unspecified atom stereocenters. The van der Waals surface area contributed by atoms with Crippen LogP contribution in [0.15, 0.2) is 60.6 Å². The Hall–Kier alpha value is -2.00. The molecule has 1 aromatic carbocycles. The summed E-state index contributed by atoms with van der Waals surface area (Å²) < 4.78 is 0. The molecule has 114 valence electrons. The number of rotatable bonds is 1. The maximum atomic E-state index is 4.07. The largest absolute Gasteiger partial charge is 0.300 e. The lowest BCUT2D eigenvalue weighted by Crippen LogP contribution is -2.35. The standard InChI is InChI=1S/C11H17N.C8H6N2/c1-2-12-8-7-10-5-3-4-6-11(10)9-12;1-2-4-8-7(3-1)5-9-6-10-8/h3-4,6,10H,2,5,7-9H2,1H3;1-6H. The Morgan fingerprint density at radius 3 is 3.05 bits per heavy atom. The molecular weight excluding hydrogens is 270 g/mol. The van der Waals surface area contributed by atoms with Gasteiger partial charge >= 0.3 is 0 Å². The fraction of sp³-hybridized carbons (Fsp3) is 0.368. The van der Waals surface area contributed by atoms with E-state index < -0.39 is 0 Å². The summed E-state index contributed by atoms with van der Waals surface area (Å²) in [5.41, 5.74) is 2.66. The molecule has 1 aliphatic heterocycles. The zero-order valence-corrected chi connectivity index (χ0v) is 13.2. The summed E-state index contributed by atoms with van der Waals surface area (Å²) >= 11 is 0. The predicted molar refractivity (Wildman–Crippen MR) is 91.6 cm³/mol. The van der Waals surface area contributed by atoms with Gasteiger partial charge in [-0.25, -0.2) is 9.97 Å². The summed E-state index contributed by atoms with van der Waals surface area (Å²) in [6, 6.07) is 7.91. The zero-order valence-electron chi connectivity index (χ0n) is 13.2. The molecular formula is C19H23N3. The first-order valence-corrected chi connectivity index (χ1v) is 8.09. The van der Waals surface area contributed by atoms with Crippen molar-refractivity contribution in [2.24, 2.45) is 5.92 Å². The number of aromatic nitrogens is 2. The average Bonchev–Trinajstić information content (AvgIpc) is 2.62. The maximum Gasteiger partial charge on any atom is 0.116 e. The second kappa shape index (κ2) is 7.32. The molecule has 3 heteroatoms. The van der Waals surface area contributed by atoms with E-state index in [2.05, 4.69) is 40.0 Å². The number of nitrogens with zero attached hydrogens (tertiary/aromatic N) is 3. The van der Waals surface area contributed by atoms with Crippen molar-refractivity contribution in [2.75, 3.05) is 19.6 Å². The van der Waals surface area contributed by atoms with Crippen molar-refractivity contribution in [1.29, 1.82) is 0 Å². The second-order valence-electron chi connectivity index (χ2n) is 5.84. The highest BCUT2D eigenvalue weighted by Gasteiger charge is 2.22. The van der Waals surface area contributed by atoms with Crippen LogP contribution in [0.4, 0.5) is 0 Å². The number of hydrogen-bond donors (Lipinski definition) is 0. The van der Waals surface area contributed by atoms with Gasteiger partial charge in [0.2, 0.25) is 0 Å². The Balaban J connectivity index is 0.000000133. The third-order valence-electron chi connectivity index (χ3n) is 4.45. The molecule has 0 saturated carbocycles. The Bertz CT molecular complexity index is 610. The average molecular weight is 293 g/mol. The van der Waals surface area contributed by atoms with Crippen LogP contribution in [0.25, 0.3) is 10.9 Å². The summed E-state index contributed by atoms with van der Waals surface area (Å²) in [6.45, 7) is 5.96. The topological polar surface area (TPSA) is 29.0 Å². The highest BCUT2D eigenvalue weighted by Crippen LogP contribution is 2.28. The van der Waals surface area contributed by atoms with E-state index in [1.165, 1.54) is 32.5 Å². The van der Waals surface area contributed by atoms with Crippen molar-refractivity contribution in [3.63, 3.8) is 0 Å². The van der Waals surface area contributed by atoms with Gasteiger partial charge < -0.3 is 0 Å². The van der Waals surface area contributed by atoms with Gasteiger partial charge in [-0.2, -0.15) is 0 Å². The van der Waals surface area contributed by atoms with Crippen molar-refractivity contribution in [2.45, 2.75) is 19.8 Å². The third-order valence-corrected chi connectivity index (χ3v) is 4.45. The van der Waals surface area contributed by atoms with Gasteiger partial charge in [0.15, 0.2) is 0 Å². The van der Waals surface area contributed by atoms with Gasteiger partial charge in [-0.15, -0.1) is 0 Å². The first kappa shape index (κ1) is 14.9. The molecule has 1 aliphatic carbocycles. The molecule has 0 radical (unpaired) electrons. The van der Waals surface area contributed by atoms with E-state index in [9.17, 15) is 0 Å². The number of para-hydroxylation sites is 1. The molecule has 0 N–H and O–H groups in total. The van der Waals surface area contributed by atoms with Gasteiger partial charge in [-0.1, -0.05) is 48.9 Å². The molecule has 2 heterocycles. The molecule has 22 heavy (non-hydrogen) atoms. The molecule has 0 amide bonds. The maximum absolute atomic E-state index is 4.07. The lowest BCUT2D eigenvalue weighted by atomic mass is 9.85. The van der Waals surface area contributed by atoms with Crippen molar-refractivity contribution in [3.8, 4) is 0 Å². The van der Waals surface area contributed by atoms with Crippen molar-refractivity contribution < 1.29 is 0 Å². The summed E-state index contributed by atoms with van der Waals surface area (Å²) in [5, 5.41) is 1.09. The monoisotopic (exact) mass is 293 g/mol. The number of likely N-dealkylation sites (tertiary alicyclic amines) is 1. The molecule has 3 nitrogen and oxygen atoms in total. The van der Waals surface area contributed by atoms with E-state index in [1.54, 1.807) is 11.9 Å². The lowest BCUT2D eigenvalue weighted by Gasteiger charge is -2.34. The lowest BCUT2D eigenvalue weighted by molar-refractivity contribution is 0.244. The van der Waals surface area contributed by atoms with Gasteiger partial charge in [0.25, 0.3) is 0 Å². The fourth-order valence-electron chi connectivity index (χ4n) is 3.08. The van der Waals surface area contributed by atoms with E-state index in [1.807, 2.05) is 30.5 Å². The molecule has 2 aliphatic rings. The SMILES string of the molecule is CCN1CCC2CC=CC=C2C1.c1ccc2ncncc2c1. The molecule has 1 atom stereocenters. The Kier molecular flexibility index (Phi) is 4.96. The van der Waals surface area contributed by atoms with Crippen LogP contribution in [0.2, 0.25) is 0 Å². The number of fused-ring (bicyclic) bond motifs is 2. The summed E-state index contributed by atoms with van der Waals surface area (Å²) in [4.78, 5) is 10.5. The highest BCUT2D eigenvalue weighted by atomic mass is 15.1. The van der Waals surface area contributed by atoms with Gasteiger partial charge in [-0.05, 0) is 37.9 Å². The van der Waals surface area contributed by atoms with Crippen molar-refractivity contribution in [1.82, 2.24) is 14.9 Å². The number of allylic oxidation sites excluding steroid dienone is 3. The molecule has 1 saturated heterocycles. The Morgan fingerprint density at radius 2 is 2.18 bits per heavy atom. The summed E-state index contributed by atoms with van der Waals surface area (Å²) in [6.07, 6.45) is 12.8. The van der Waals surface area contributed by atoms with E-state index in [4.69, 9.17) is 0 Å². The van der Waals surface area contributed by atoms with Crippen LogP contribution in [0.3, 0.4) is 0 Å². The van der Waals surface area contributed by atoms with Crippen LogP contribution in [-0.2, 0) is 0 Å². The molecule has 1 fully saturated rings. The number of likely N-dealkylation sites (N-methyl/N-ethyl adjacent to an activating group) is 1. The van der Waals surface area contributed by atoms with E-state index >= 15 is 0 Å². The van der Waals surface area contributed by atoms with Crippen LogP contribution in [-0.4, -0.2) is 34.5 Å². The fourth-order valence-corrected chi connectivity index (χ4v) is 3.08. The Labute approximate surface area is 132 Å². The molecule has 2 aromatic rings. The number of piperidine rings is 1. The molecule has 0 bridgehead atoms.